The van der Waals surface area contributed by atoms with Gasteiger partial charge in [-0.3, -0.25) is 4.68 Å². The van der Waals surface area contributed by atoms with E-state index in [2.05, 4.69) is 15.3 Å². The molecule has 0 radical (unpaired) electrons. The second kappa shape index (κ2) is 5.92. The van der Waals surface area contributed by atoms with Crippen molar-refractivity contribution in [3.05, 3.63) is 36.7 Å². The number of hydrogen-bond acceptors (Lipinski definition) is 5. The van der Waals surface area contributed by atoms with E-state index in [1.165, 1.54) is 0 Å². The molecule has 0 aliphatic rings. The van der Waals surface area contributed by atoms with Crippen LogP contribution in [0.4, 0.5) is 11.4 Å². The van der Waals surface area contributed by atoms with Crippen LogP contribution in [-0.2, 0) is 7.05 Å². The number of aromatic nitrogens is 2. The predicted octanol–water partition coefficient (Wildman–Crippen LogP) is 2.21. The molecular weight excluding hydrogens is 232 g/mol. The molecule has 1 N–H and O–H groups in total. The summed E-state index contributed by atoms with van der Waals surface area (Å²) in [5.41, 5.74) is 1.44. The topological polar surface area (TPSA) is 72.0 Å². The summed E-state index contributed by atoms with van der Waals surface area (Å²) in [6.07, 6.45) is 3.42. The number of azo groups is 1. The monoisotopic (exact) mass is 246 g/mol. The lowest BCUT2D eigenvalue weighted by Gasteiger charge is -2.02. The van der Waals surface area contributed by atoms with Crippen LogP contribution in [0.3, 0.4) is 0 Å². The Kier molecular flexibility index (Phi) is 4.03. The number of aryl methyl sites for hydroxylation is 1. The summed E-state index contributed by atoms with van der Waals surface area (Å²) in [6, 6.07) is 7.17. The van der Waals surface area contributed by atoms with Gasteiger partial charge in [-0.05, 0) is 24.3 Å². The average Bonchev–Trinajstić information content (AvgIpc) is 2.81. The first kappa shape index (κ1) is 12.3. The summed E-state index contributed by atoms with van der Waals surface area (Å²) in [5.74, 6) is 0.698. The molecule has 0 fully saturated rings. The Hall–Kier alpha value is -2.21. The molecule has 6 heteroatoms. The molecule has 0 atom stereocenters. The van der Waals surface area contributed by atoms with Crippen LogP contribution in [0, 0.1) is 0 Å². The molecule has 0 bridgehead atoms. The minimum atomic E-state index is 0.00245. The Morgan fingerprint density at radius 3 is 2.56 bits per heavy atom. The van der Waals surface area contributed by atoms with Gasteiger partial charge >= 0.3 is 0 Å². The van der Waals surface area contributed by atoms with Gasteiger partial charge < -0.3 is 9.84 Å². The van der Waals surface area contributed by atoms with Crippen LogP contribution in [0.2, 0.25) is 0 Å². The van der Waals surface area contributed by atoms with Crippen molar-refractivity contribution in [3.8, 4) is 5.75 Å². The van der Waals surface area contributed by atoms with Crippen LogP contribution in [0.1, 0.15) is 0 Å². The van der Waals surface area contributed by atoms with E-state index in [0.717, 1.165) is 5.69 Å². The number of aliphatic hydroxyl groups is 1. The van der Waals surface area contributed by atoms with E-state index in [1.807, 2.05) is 7.05 Å². The van der Waals surface area contributed by atoms with Crippen molar-refractivity contribution in [2.45, 2.75) is 0 Å². The van der Waals surface area contributed by atoms with Gasteiger partial charge in [-0.2, -0.15) is 10.2 Å². The van der Waals surface area contributed by atoms with Crippen LogP contribution in [-0.4, -0.2) is 28.1 Å². The largest absolute Gasteiger partial charge is 0.491 e. The number of rotatable bonds is 5. The third-order valence-corrected chi connectivity index (χ3v) is 2.17. The number of hydrogen-bond donors (Lipinski definition) is 1. The lowest BCUT2D eigenvalue weighted by Crippen LogP contribution is -2.00. The highest BCUT2D eigenvalue weighted by atomic mass is 16.5. The van der Waals surface area contributed by atoms with Gasteiger partial charge in [0, 0.05) is 7.05 Å². The molecule has 6 nitrogen and oxygen atoms in total. The van der Waals surface area contributed by atoms with Crippen molar-refractivity contribution in [3.63, 3.8) is 0 Å². The van der Waals surface area contributed by atoms with Crippen LogP contribution in [0.15, 0.2) is 46.9 Å². The molecular formula is C12H14N4O2. The quantitative estimate of drug-likeness (QED) is 0.822. The van der Waals surface area contributed by atoms with Gasteiger partial charge in [0.2, 0.25) is 0 Å². The molecule has 94 valence electrons. The van der Waals surface area contributed by atoms with E-state index in [-0.39, 0.29) is 13.2 Å². The van der Waals surface area contributed by atoms with Crippen molar-refractivity contribution in [1.29, 1.82) is 0 Å². The molecule has 1 aromatic heterocycles. The summed E-state index contributed by atoms with van der Waals surface area (Å²) in [4.78, 5) is 0. The fourth-order valence-corrected chi connectivity index (χ4v) is 1.35. The molecule has 0 aliphatic heterocycles. The maximum Gasteiger partial charge on any atom is 0.124 e. The van der Waals surface area contributed by atoms with Gasteiger partial charge in [0.05, 0.1) is 24.7 Å². The van der Waals surface area contributed by atoms with Gasteiger partial charge in [-0.15, -0.1) is 5.11 Å². The Bertz CT molecular complexity index is 519. The van der Waals surface area contributed by atoms with Gasteiger partial charge in [-0.25, -0.2) is 0 Å². The summed E-state index contributed by atoms with van der Waals surface area (Å²) in [5, 5.41) is 20.8. The molecule has 1 aromatic carbocycles. The molecule has 0 saturated heterocycles. The Balaban J connectivity index is 1.99. The van der Waals surface area contributed by atoms with Gasteiger partial charge in [0.15, 0.2) is 0 Å². The van der Waals surface area contributed by atoms with E-state index in [9.17, 15) is 0 Å². The highest BCUT2D eigenvalue weighted by Crippen LogP contribution is 2.20. The molecule has 0 spiro atoms. The van der Waals surface area contributed by atoms with Gasteiger partial charge in [0.25, 0.3) is 0 Å². The highest BCUT2D eigenvalue weighted by molar-refractivity contribution is 5.41. The zero-order valence-electron chi connectivity index (χ0n) is 10.0. The average molecular weight is 246 g/mol. The number of nitrogens with zero attached hydrogens (tertiary/aromatic N) is 4. The van der Waals surface area contributed by atoms with Crippen LogP contribution in [0.25, 0.3) is 0 Å². The smallest absolute Gasteiger partial charge is 0.124 e. The van der Waals surface area contributed by atoms with Crippen molar-refractivity contribution in [2.75, 3.05) is 13.2 Å². The van der Waals surface area contributed by atoms with E-state index in [1.54, 1.807) is 41.3 Å². The highest BCUT2D eigenvalue weighted by Gasteiger charge is 1.95. The third-order valence-electron chi connectivity index (χ3n) is 2.17. The third kappa shape index (κ3) is 3.39. The normalized spacial score (nSPS) is 11.0. The maximum absolute atomic E-state index is 8.63. The van der Waals surface area contributed by atoms with E-state index >= 15 is 0 Å². The molecule has 18 heavy (non-hydrogen) atoms. The van der Waals surface area contributed by atoms with Crippen molar-refractivity contribution in [2.24, 2.45) is 17.3 Å². The van der Waals surface area contributed by atoms with Crippen molar-refractivity contribution in [1.82, 2.24) is 9.78 Å². The second-order valence-corrected chi connectivity index (χ2v) is 3.64. The van der Waals surface area contributed by atoms with E-state index in [0.29, 0.717) is 11.4 Å². The first-order chi connectivity index (χ1) is 8.78. The molecule has 2 rings (SSSR count). The molecule has 0 saturated carbocycles. The molecule has 0 amide bonds. The fraction of sp³-hybridized carbons (Fsp3) is 0.250. The molecule has 2 aromatic rings. The zero-order chi connectivity index (χ0) is 12.8. The minimum Gasteiger partial charge on any atom is -0.491 e. The van der Waals surface area contributed by atoms with Gasteiger partial charge in [0.1, 0.15) is 18.0 Å². The Morgan fingerprint density at radius 2 is 1.94 bits per heavy atom. The predicted molar refractivity (Wildman–Crippen MR) is 66.4 cm³/mol. The first-order valence-electron chi connectivity index (χ1n) is 5.52. The first-order valence-corrected chi connectivity index (χ1v) is 5.52. The van der Waals surface area contributed by atoms with E-state index < -0.39 is 0 Å². The summed E-state index contributed by atoms with van der Waals surface area (Å²) in [6.45, 7) is 0.291. The van der Waals surface area contributed by atoms with Crippen LogP contribution in [0.5, 0.6) is 5.75 Å². The lowest BCUT2D eigenvalue weighted by atomic mass is 10.3. The molecule has 0 unspecified atom stereocenters. The van der Waals surface area contributed by atoms with E-state index in [4.69, 9.17) is 9.84 Å². The summed E-state index contributed by atoms with van der Waals surface area (Å²) >= 11 is 0. The molecule has 0 aliphatic carbocycles. The van der Waals surface area contributed by atoms with Crippen LogP contribution < -0.4 is 4.74 Å². The number of benzene rings is 1. The van der Waals surface area contributed by atoms with Crippen molar-refractivity contribution >= 4 is 11.4 Å². The Labute approximate surface area is 105 Å². The fourth-order valence-electron chi connectivity index (χ4n) is 1.35. The zero-order valence-corrected chi connectivity index (χ0v) is 10.0. The minimum absolute atomic E-state index is 0.00245. The lowest BCUT2D eigenvalue weighted by molar-refractivity contribution is 0.201. The standard InChI is InChI=1S/C12H14N4O2/c1-16-9-11(8-13-16)15-14-10-2-4-12(5-3-10)18-7-6-17/h2-5,8-9,17H,6-7H2,1H3. The maximum atomic E-state index is 8.63. The van der Waals surface area contributed by atoms with Crippen molar-refractivity contribution < 1.29 is 9.84 Å². The number of ether oxygens (including phenoxy) is 1. The SMILES string of the molecule is Cn1cc(N=Nc2ccc(OCCO)cc2)cn1. The molecule has 1 heterocycles. The Morgan fingerprint density at radius 1 is 1.22 bits per heavy atom. The van der Waals surface area contributed by atoms with Gasteiger partial charge in [-0.1, -0.05) is 0 Å². The second-order valence-electron chi connectivity index (χ2n) is 3.64. The number of aliphatic hydroxyl groups excluding tert-OH is 1. The summed E-state index contributed by atoms with van der Waals surface area (Å²) in [7, 11) is 1.83. The summed E-state index contributed by atoms with van der Waals surface area (Å²) < 4.78 is 6.91. The van der Waals surface area contributed by atoms with Crippen LogP contribution >= 0.6 is 0 Å².